The van der Waals surface area contributed by atoms with Gasteiger partial charge >= 0.3 is 0 Å². The minimum absolute atomic E-state index is 0.272. The molecule has 94 valence electrons. The third-order valence-electron chi connectivity index (χ3n) is 3.16. The quantitative estimate of drug-likeness (QED) is 0.733. The molecule has 1 saturated heterocycles. The second-order valence-corrected chi connectivity index (χ2v) is 4.38. The molecule has 1 atom stereocenters. The lowest BCUT2D eigenvalue weighted by atomic mass is 9.95. The van der Waals surface area contributed by atoms with E-state index < -0.39 is 0 Å². The van der Waals surface area contributed by atoms with Gasteiger partial charge in [-0.2, -0.15) is 0 Å². The first-order valence-electron chi connectivity index (χ1n) is 6.25. The third kappa shape index (κ3) is 4.49. The van der Waals surface area contributed by atoms with Crippen LogP contribution in [0.5, 0.6) is 0 Å². The molecule has 0 bridgehead atoms. The summed E-state index contributed by atoms with van der Waals surface area (Å²) in [6.45, 7) is 6.24. The number of hydrogen-bond acceptors (Lipinski definition) is 3. The van der Waals surface area contributed by atoms with E-state index >= 15 is 0 Å². The van der Waals surface area contributed by atoms with Gasteiger partial charge < -0.3 is 15.0 Å². The largest absolute Gasteiger partial charge is 0.383 e. The minimum atomic E-state index is 0.272. The first-order valence-corrected chi connectivity index (χ1v) is 6.25. The van der Waals surface area contributed by atoms with Crippen LogP contribution in [0.4, 0.5) is 0 Å². The number of likely N-dealkylation sites (N-methyl/N-ethyl adjacent to an activating group) is 1. The van der Waals surface area contributed by atoms with Gasteiger partial charge in [0.15, 0.2) is 0 Å². The van der Waals surface area contributed by atoms with Crippen molar-refractivity contribution >= 4 is 5.91 Å². The summed E-state index contributed by atoms with van der Waals surface area (Å²) in [5.41, 5.74) is 0. The molecular formula is C12H24N2O2. The van der Waals surface area contributed by atoms with Crippen LogP contribution < -0.4 is 5.32 Å². The van der Waals surface area contributed by atoms with E-state index in [0.717, 1.165) is 19.6 Å². The molecule has 0 aromatic heterocycles. The lowest BCUT2D eigenvalue weighted by molar-refractivity contribution is -0.132. The zero-order chi connectivity index (χ0) is 11.8. The van der Waals surface area contributed by atoms with Crippen LogP contribution in [0.2, 0.25) is 0 Å². The van der Waals surface area contributed by atoms with E-state index in [1.165, 1.54) is 12.8 Å². The number of nitrogens with one attached hydrogen (secondary N) is 1. The fourth-order valence-electron chi connectivity index (χ4n) is 2.13. The van der Waals surface area contributed by atoms with Crippen LogP contribution in [0.25, 0.3) is 0 Å². The molecule has 1 unspecified atom stereocenters. The van der Waals surface area contributed by atoms with Crippen molar-refractivity contribution in [2.45, 2.75) is 26.2 Å². The van der Waals surface area contributed by atoms with Crippen LogP contribution in [-0.4, -0.2) is 50.7 Å². The fourth-order valence-corrected chi connectivity index (χ4v) is 2.13. The topological polar surface area (TPSA) is 41.6 Å². The Morgan fingerprint density at radius 3 is 2.94 bits per heavy atom. The normalized spacial score (nSPS) is 20.8. The maximum Gasteiger partial charge on any atom is 0.222 e. The van der Waals surface area contributed by atoms with E-state index in [1.807, 2.05) is 11.8 Å². The molecule has 1 aliphatic heterocycles. The first-order chi connectivity index (χ1) is 7.77. The molecule has 16 heavy (non-hydrogen) atoms. The molecule has 1 amide bonds. The lowest BCUT2D eigenvalue weighted by Crippen LogP contribution is -2.38. The lowest BCUT2D eigenvalue weighted by Gasteiger charge is -2.26. The summed E-state index contributed by atoms with van der Waals surface area (Å²) in [5, 5.41) is 3.34. The fraction of sp³-hybridized carbons (Fsp3) is 0.917. The Kier molecular flexibility index (Phi) is 6.42. The van der Waals surface area contributed by atoms with E-state index in [0.29, 0.717) is 25.5 Å². The Balaban J connectivity index is 2.29. The van der Waals surface area contributed by atoms with E-state index in [2.05, 4.69) is 5.32 Å². The van der Waals surface area contributed by atoms with Gasteiger partial charge in [0.25, 0.3) is 0 Å². The van der Waals surface area contributed by atoms with E-state index in [4.69, 9.17) is 4.74 Å². The maximum absolute atomic E-state index is 12.0. The van der Waals surface area contributed by atoms with Crippen LogP contribution >= 0.6 is 0 Å². The van der Waals surface area contributed by atoms with E-state index in [-0.39, 0.29) is 5.91 Å². The average molecular weight is 228 g/mol. The van der Waals surface area contributed by atoms with E-state index in [9.17, 15) is 4.79 Å². The molecule has 0 radical (unpaired) electrons. The Bertz CT molecular complexity index is 203. The number of carbonyl (C=O) groups is 1. The number of ether oxygens (including phenoxy) is 1. The van der Waals surface area contributed by atoms with Gasteiger partial charge in [0.2, 0.25) is 5.91 Å². The van der Waals surface area contributed by atoms with Crippen LogP contribution in [0.1, 0.15) is 26.2 Å². The van der Waals surface area contributed by atoms with Gasteiger partial charge in [-0.3, -0.25) is 4.79 Å². The van der Waals surface area contributed by atoms with Crippen LogP contribution in [-0.2, 0) is 9.53 Å². The maximum atomic E-state index is 12.0. The third-order valence-corrected chi connectivity index (χ3v) is 3.16. The molecule has 1 aliphatic rings. The SMILES string of the molecule is CCN(CCOC)C(=O)CC1CCCNC1. The molecule has 4 nitrogen and oxygen atoms in total. The average Bonchev–Trinajstić information content (AvgIpc) is 2.31. The highest BCUT2D eigenvalue weighted by Crippen LogP contribution is 2.15. The molecule has 4 heteroatoms. The van der Waals surface area contributed by atoms with Crippen molar-refractivity contribution in [2.24, 2.45) is 5.92 Å². The number of rotatable bonds is 6. The molecular weight excluding hydrogens is 204 g/mol. The highest BCUT2D eigenvalue weighted by atomic mass is 16.5. The van der Waals surface area contributed by atoms with Gasteiger partial charge in [-0.05, 0) is 38.8 Å². The smallest absolute Gasteiger partial charge is 0.222 e. The monoisotopic (exact) mass is 228 g/mol. The van der Waals surface area contributed by atoms with E-state index in [1.54, 1.807) is 7.11 Å². The van der Waals surface area contributed by atoms with Crippen LogP contribution in [0.15, 0.2) is 0 Å². The van der Waals surface area contributed by atoms with Crippen molar-refractivity contribution in [2.75, 3.05) is 39.9 Å². The molecule has 0 aliphatic carbocycles. The van der Waals surface area contributed by atoms with Crippen molar-refractivity contribution in [1.29, 1.82) is 0 Å². The molecule has 0 saturated carbocycles. The molecule has 1 heterocycles. The van der Waals surface area contributed by atoms with Gasteiger partial charge in [0.05, 0.1) is 6.61 Å². The summed E-state index contributed by atoms with van der Waals surface area (Å²) in [6, 6.07) is 0. The number of methoxy groups -OCH3 is 1. The van der Waals surface area contributed by atoms with Gasteiger partial charge in [0.1, 0.15) is 0 Å². The minimum Gasteiger partial charge on any atom is -0.383 e. The molecule has 1 N–H and O–H groups in total. The Labute approximate surface area is 98.3 Å². The van der Waals surface area contributed by atoms with Crippen molar-refractivity contribution in [3.63, 3.8) is 0 Å². The second-order valence-electron chi connectivity index (χ2n) is 4.38. The van der Waals surface area contributed by atoms with Gasteiger partial charge in [-0.25, -0.2) is 0 Å². The number of nitrogens with zero attached hydrogens (tertiary/aromatic N) is 1. The molecule has 1 rings (SSSR count). The van der Waals surface area contributed by atoms with Crippen molar-refractivity contribution in [3.8, 4) is 0 Å². The standard InChI is InChI=1S/C12H24N2O2/c1-3-14(7-8-16-2)12(15)9-11-5-4-6-13-10-11/h11,13H,3-10H2,1-2H3. The second kappa shape index (κ2) is 7.63. The number of carbonyl (C=O) groups excluding carboxylic acids is 1. The summed E-state index contributed by atoms with van der Waals surface area (Å²) >= 11 is 0. The number of hydrogen-bond donors (Lipinski definition) is 1. The Morgan fingerprint density at radius 1 is 1.56 bits per heavy atom. The summed E-state index contributed by atoms with van der Waals surface area (Å²) in [7, 11) is 1.67. The number of amides is 1. The predicted molar refractivity (Wildman–Crippen MR) is 64.3 cm³/mol. The van der Waals surface area contributed by atoms with Gasteiger partial charge in [-0.15, -0.1) is 0 Å². The highest BCUT2D eigenvalue weighted by molar-refractivity contribution is 5.76. The summed E-state index contributed by atoms with van der Waals surface area (Å²) in [6.07, 6.45) is 3.06. The highest BCUT2D eigenvalue weighted by Gasteiger charge is 2.19. The van der Waals surface area contributed by atoms with Crippen molar-refractivity contribution < 1.29 is 9.53 Å². The molecule has 1 fully saturated rings. The Morgan fingerprint density at radius 2 is 2.38 bits per heavy atom. The first kappa shape index (κ1) is 13.5. The predicted octanol–water partition coefficient (Wildman–Crippen LogP) is 0.871. The summed E-state index contributed by atoms with van der Waals surface area (Å²) in [4.78, 5) is 13.9. The summed E-state index contributed by atoms with van der Waals surface area (Å²) < 4.78 is 5.01. The molecule has 0 aromatic carbocycles. The molecule has 0 aromatic rings. The van der Waals surface area contributed by atoms with Crippen molar-refractivity contribution in [1.82, 2.24) is 10.2 Å². The number of piperidine rings is 1. The zero-order valence-electron chi connectivity index (χ0n) is 10.5. The molecule has 0 spiro atoms. The Hall–Kier alpha value is -0.610. The van der Waals surface area contributed by atoms with Gasteiger partial charge in [0, 0.05) is 26.6 Å². The van der Waals surface area contributed by atoms with Crippen LogP contribution in [0.3, 0.4) is 0 Å². The van der Waals surface area contributed by atoms with Crippen LogP contribution in [0, 0.1) is 5.92 Å². The van der Waals surface area contributed by atoms with Gasteiger partial charge in [-0.1, -0.05) is 0 Å². The van der Waals surface area contributed by atoms with Crippen molar-refractivity contribution in [3.05, 3.63) is 0 Å². The zero-order valence-corrected chi connectivity index (χ0v) is 10.5. The summed E-state index contributed by atoms with van der Waals surface area (Å²) in [5.74, 6) is 0.797.